The number of rotatable bonds is 7. The summed E-state index contributed by atoms with van der Waals surface area (Å²) in [6, 6.07) is 5.87. The number of aromatic nitrogens is 1. The van der Waals surface area contributed by atoms with E-state index in [1.165, 1.54) is 6.07 Å². The summed E-state index contributed by atoms with van der Waals surface area (Å²) in [5.74, 6) is 0.766. The number of oxime groups is 1. The molecule has 5 nitrogen and oxygen atoms in total. The Bertz CT molecular complexity index is 965. The molecular formula is C21H19Cl2F3N2O3. The van der Waals surface area contributed by atoms with Gasteiger partial charge in [0.15, 0.2) is 6.10 Å². The Morgan fingerprint density at radius 1 is 1.19 bits per heavy atom. The third-order valence-electron chi connectivity index (χ3n) is 4.50. The van der Waals surface area contributed by atoms with Crippen molar-refractivity contribution >= 4 is 28.9 Å². The van der Waals surface area contributed by atoms with Crippen LogP contribution in [0.4, 0.5) is 13.2 Å². The average Bonchev–Trinajstić information content (AvgIpc) is 3.14. The fourth-order valence-corrected chi connectivity index (χ4v) is 3.27. The Kier molecular flexibility index (Phi) is 7.33. The van der Waals surface area contributed by atoms with Gasteiger partial charge in [-0.05, 0) is 49.2 Å². The summed E-state index contributed by atoms with van der Waals surface area (Å²) in [6.07, 6.45) is -2.03. The number of hydrogen-bond acceptors (Lipinski definition) is 5. The van der Waals surface area contributed by atoms with Gasteiger partial charge in [-0.25, -0.2) is 4.98 Å². The van der Waals surface area contributed by atoms with Gasteiger partial charge < -0.3 is 14.3 Å². The molecule has 0 spiro atoms. The number of nitrogens with zero attached hydrogens (tertiary/aromatic N) is 2. The lowest BCUT2D eigenvalue weighted by Gasteiger charge is -2.13. The fourth-order valence-electron chi connectivity index (χ4n) is 3.14. The molecule has 0 N–H and O–H groups in total. The standard InChI is InChI=1S/C21H19Cl2F3N2O3/c1-12-7-15(29-6-5-18(22)23)8-13(2)20(12)17-9-16(31-28-17)11-30-19-4-3-14(10-27-19)21(24,25)26/h3-5,7-8,10,16H,6,9,11H2,1-2H3. The number of alkyl halides is 3. The molecule has 0 bridgehead atoms. The molecule has 1 atom stereocenters. The Labute approximate surface area is 187 Å². The van der Waals surface area contributed by atoms with E-state index in [2.05, 4.69) is 10.1 Å². The maximum atomic E-state index is 12.6. The van der Waals surface area contributed by atoms with Gasteiger partial charge >= 0.3 is 6.18 Å². The maximum Gasteiger partial charge on any atom is 0.417 e. The molecule has 0 saturated carbocycles. The molecule has 31 heavy (non-hydrogen) atoms. The van der Waals surface area contributed by atoms with Crippen molar-refractivity contribution < 1.29 is 27.5 Å². The molecule has 1 aromatic heterocycles. The third kappa shape index (κ3) is 6.27. The predicted octanol–water partition coefficient (Wildman–Crippen LogP) is 5.99. The second-order valence-corrected chi connectivity index (χ2v) is 7.91. The summed E-state index contributed by atoms with van der Waals surface area (Å²) in [5, 5.41) is 4.17. The quantitative estimate of drug-likeness (QED) is 0.494. The van der Waals surface area contributed by atoms with Crippen LogP contribution in [0.5, 0.6) is 11.6 Å². The largest absolute Gasteiger partial charge is 0.489 e. The topological polar surface area (TPSA) is 52.9 Å². The molecular weight excluding hydrogens is 456 g/mol. The lowest BCUT2D eigenvalue weighted by molar-refractivity contribution is -0.137. The van der Waals surface area contributed by atoms with Crippen molar-refractivity contribution in [1.29, 1.82) is 0 Å². The van der Waals surface area contributed by atoms with E-state index in [9.17, 15) is 13.2 Å². The molecule has 1 aliphatic heterocycles. The van der Waals surface area contributed by atoms with E-state index < -0.39 is 11.7 Å². The first-order valence-corrected chi connectivity index (χ1v) is 10.0. The zero-order valence-electron chi connectivity index (χ0n) is 16.7. The summed E-state index contributed by atoms with van der Waals surface area (Å²) in [5.41, 5.74) is 2.81. The second kappa shape index (κ2) is 9.78. The van der Waals surface area contributed by atoms with Crippen molar-refractivity contribution in [3.8, 4) is 11.6 Å². The fraction of sp³-hybridized carbons (Fsp3) is 0.333. The Balaban J connectivity index is 1.58. The van der Waals surface area contributed by atoms with E-state index in [1.807, 2.05) is 26.0 Å². The Morgan fingerprint density at radius 3 is 2.48 bits per heavy atom. The molecule has 1 aromatic carbocycles. The smallest absolute Gasteiger partial charge is 0.417 e. The highest BCUT2D eigenvalue weighted by Gasteiger charge is 2.31. The number of hydrogen-bond donors (Lipinski definition) is 0. The van der Waals surface area contributed by atoms with Gasteiger partial charge in [-0.2, -0.15) is 13.2 Å². The van der Waals surface area contributed by atoms with E-state index in [0.717, 1.165) is 34.7 Å². The zero-order valence-corrected chi connectivity index (χ0v) is 18.2. The Hall–Kier alpha value is -2.45. The van der Waals surface area contributed by atoms with Gasteiger partial charge in [0.1, 0.15) is 23.5 Å². The maximum absolute atomic E-state index is 12.6. The molecule has 0 amide bonds. The van der Waals surface area contributed by atoms with Crippen molar-refractivity contribution in [2.45, 2.75) is 32.5 Å². The SMILES string of the molecule is Cc1cc(OCC=C(Cl)Cl)cc(C)c1C1=NOC(COc2ccc(C(F)(F)F)cn2)C1. The Morgan fingerprint density at radius 2 is 1.90 bits per heavy atom. The van der Waals surface area contributed by atoms with E-state index in [1.54, 1.807) is 6.08 Å². The number of ether oxygens (including phenoxy) is 2. The monoisotopic (exact) mass is 474 g/mol. The third-order valence-corrected chi connectivity index (χ3v) is 4.80. The van der Waals surface area contributed by atoms with E-state index >= 15 is 0 Å². The second-order valence-electron chi connectivity index (χ2n) is 6.90. The van der Waals surface area contributed by atoms with Gasteiger partial charge in [0.05, 0.1) is 11.3 Å². The first-order chi connectivity index (χ1) is 14.6. The predicted molar refractivity (Wildman–Crippen MR) is 112 cm³/mol. The minimum atomic E-state index is -4.44. The van der Waals surface area contributed by atoms with Crippen LogP contribution in [0.25, 0.3) is 0 Å². The molecule has 0 radical (unpaired) electrons. The molecule has 2 aromatic rings. The minimum absolute atomic E-state index is 0.0880. The summed E-state index contributed by atoms with van der Waals surface area (Å²) >= 11 is 11.2. The highest BCUT2D eigenvalue weighted by molar-refractivity contribution is 6.55. The molecule has 10 heteroatoms. The van der Waals surface area contributed by atoms with Crippen molar-refractivity contribution in [2.75, 3.05) is 13.2 Å². The normalized spacial score (nSPS) is 15.8. The molecule has 166 valence electrons. The first kappa shape index (κ1) is 23.2. The van der Waals surface area contributed by atoms with Crippen LogP contribution in [-0.2, 0) is 11.0 Å². The number of halogens is 5. The van der Waals surface area contributed by atoms with Gasteiger partial charge in [-0.3, -0.25) is 0 Å². The molecule has 1 unspecified atom stereocenters. The van der Waals surface area contributed by atoms with E-state index in [4.69, 9.17) is 37.5 Å². The van der Waals surface area contributed by atoms with Crippen LogP contribution in [0.15, 0.2) is 46.2 Å². The van der Waals surface area contributed by atoms with Crippen LogP contribution < -0.4 is 9.47 Å². The van der Waals surface area contributed by atoms with Gasteiger partial charge in [0.2, 0.25) is 5.88 Å². The molecule has 3 rings (SSSR count). The van der Waals surface area contributed by atoms with Gasteiger partial charge in [-0.15, -0.1) is 0 Å². The number of aryl methyl sites for hydroxylation is 2. The molecule has 0 saturated heterocycles. The van der Waals surface area contributed by atoms with Crippen LogP contribution in [0.1, 0.15) is 28.7 Å². The number of benzene rings is 1. The lowest BCUT2D eigenvalue weighted by atomic mass is 9.95. The summed E-state index contributed by atoms with van der Waals surface area (Å²) in [4.78, 5) is 9.12. The van der Waals surface area contributed by atoms with Crippen LogP contribution >= 0.6 is 23.2 Å². The molecule has 2 heterocycles. The van der Waals surface area contributed by atoms with Gasteiger partial charge in [0, 0.05) is 24.2 Å². The van der Waals surface area contributed by atoms with Crippen molar-refractivity contribution in [3.63, 3.8) is 0 Å². The lowest BCUT2D eigenvalue weighted by Crippen LogP contribution is -2.19. The zero-order chi connectivity index (χ0) is 22.6. The average molecular weight is 475 g/mol. The van der Waals surface area contributed by atoms with Crippen LogP contribution in [0, 0.1) is 13.8 Å². The van der Waals surface area contributed by atoms with Crippen molar-refractivity contribution in [3.05, 3.63) is 63.3 Å². The van der Waals surface area contributed by atoms with Crippen molar-refractivity contribution in [2.24, 2.45) is 5.16 Å². The highest BCUT2D eigenvalue weighted by atomic mass is 35.5. The highest BCUT2D eigenvalue weighted by Crippen LogP contribution is 2.30. The first-order valence-electron chi connectivity index (χ1n) is 9.28. The van der Waals surface area contributed by atoms with Crippen LogP contribution in [0.3, 0.4) is 0 Å². The minimum Gasteiger partial charge on any atom is -0.489 e. The van der Waals surface area contributed by atoms with Gasteiger partial charge in [0.25, 0.3) is 0 Å². The van der Waals surface area contributed by atoms with E-state index in [0.29, 0.717) is 12.2 Å². The van der Waals surface area contributed by atoms with Crippen LogP contribution in [0.2, 0.25) is 0 Å². The van der Waals surface area contributed by atoms with Crippen molar-refractivity contribution in [1.82, 2.24) is 4.98 Å². The molecule has 1 aliphatic rings. The summed E-state index contributed by atoms with van der Waals surface area (Å²) in [7, 11) is 0. The molecule has 0 fully saturated rings. The van der Waals surface area contributed by atoms with Gasteiger partial charge in [-0.1, -0.05) is 28.4 Å². The van der Waals surface area contributed by atoms with E-state index in [-0.39, 0.29) is 29.7 Å². The molecule has 0 aliphatic carbocycles. The van der Waals surface area contributed by atoms with Crippen LogP contribution in [-0.4, -0.2) is 30.0 Å². The number of pyridine rings is 1. The summed E-state index contributed by atoms with van der Waals surface area (Å²) in [6.45, 7) is 4.24. The summed E-state index contributed by atoms with van der Waals surface area (Å²) < 4.78 is 49.0.